The molecule has 1 unspecified atom stereocenters. The van der Waals surface area contributed by atoms with Crippen LogP contribution in [0.3, 0.4) is 0 Å². The van der Waals surface area contributed by atoms with Gasteiger partial charge in [-0.3, -0.25) is 4.79 Å². The molecule has 0 aliphatic heterocycles. The second kappa shape index (κ2) is 6.10. The van der Waals surface area contributed by atoms with Crippen molar-refractivity contribution in [2.75, 3.05) is 0 Å². The Morgan fingerprint density at radius 1 is 1.71 bits per heavy atom. The molecule has 0 radical (unpaired) electrons. The molecule has 0 aromatic heterocycles. The molecule has 0 aromatic carbocycles. The van der Waals surface area contributed by atoms with Crippen LogP contribution in [0, 0.1) is 0 Å². The van der Waals surface area contributed by atoms with Crippen molar-refractivity contribution in [2.45, 2.75) is 0 Å². The molecule has 6 heteroatoms. The molecule has 0 saturated heterocycles. The van der Waals surface area contributed by atoms with Crippen molar-refractivity contribution in [3.8, 4) is 0 Å². The standard InChI is InChI=1S/CH2O4S.Cu/c2-1-5-6(3)4;/h1H,(H,3,4);/q;+1/p-1. The van der Waals surface area contributed by atoms with Crippen LogP contribution in [-0.4, -0.2) is 15.2 Å². The van der Waals surface area contributed by atoms with Gasteiger partial charge in [0.1, 0.15) is 11.4 Å². The van der Waals surface area contributed by atoms with E-state index in [1.54, 1.807) is 0 Å². The van der Waals surface area contributed by atoms with E-state index in [4.69, 9.17) is 13.6 Å². The predicted octanol–water partition coefficient (Wildman–Crippen LogP) is -1.05. The van der Waals surface area contributed by atoms with Crippen molar-refractivity contribution in [1.29, 1.82) is 0 Å². The average Bonchev–Trinajstić information content (AvgIpc) is 1.35. The molecule has 46 valence electrons. The molecular weight excluding hydrogens is 172 g/mol. The first-order chi connectivity index (χ1) is 2.77. The van der Waals surface area contributed by atoms with Gasteiger partial charge >= 0.3 is 23.5 Å². The summed E-state index contributed by atoms with van der Waals surface area (Å²) >= 11 is -2.68. The molecule has 0 aliphatic rings. The third-order valence-corrected chi connectivity index (χ3v) is 0.354. The van der Waals surface area contributed by atoms with Gasteiger partial charge in [0.25, 0.3) is 0 Å². The van der Waals surface area contributed by atoms with E-state index >= 15 is 0 Å². The van der Waals surface area contributed by atoms with Crippen LogP contribution in [0.2, 0.25) is 0 Å². The van der Waals surface area contributed by atoms with Crippen molar-refractivity contribution >= 4 is 17.8 Å². The zero-order chi connectivity index (χ0) is 4.99. The number of carbonyl (C=O) groups excluding carboxylic acids is 1. The molecular formula is CHCuO4S. The Morgan fingerprint density at radius 2 is 2.14 bits per heavy atom. The summed E-state index contributed by atoms with van der Waals surface area (Å²) in [5.74, 6) is 0. The molecule has 0 aliphatic carbocycles. The minimum atomic E-state index is -2.68. The fraction of sp³-hybridized carbons (Fsp3) is 0. The monoisotopic (exact) mass is 172 g/mol. The van der Waals surface area contributed by atoms with Crippen LogP contribution >= 0.6 is 0 Å². The Balaban J connectivity index is 0. The van der Waals surface area contributed by atoms with E-state index in [-0.39, 0.29) is 23.5 Å². The van der Waals surface area contributed by atoms with Gasteiger partial charge in [-0.2, -0.15) is 0 Å². The second-order valence-electron chi connectivity index (χ2n) is 0.397. The quantitative estimate of drug-likeness (QED) is 0.303. The second-order valence-corrected chi connectivity index (χ2v) is 0.997. The molecule has 0 heterocycles. The Bertz CT molecular complexity index is 72.1. The molecule has 0 rings (SSSR count). The van der Waals surface area contributed by atoms with Crippen molar-refractivity contribution in [2.24, 2.45) is 0 Å². The van der Waals surface area contributed by atoms with Gasteiger partial charge < -0.3 is 8.74 Å². The van der Waals surface area contributed by atoms with Gasteiger partial charge in [0.05, 0.1) is 0 Å². The Hall–Kier alpha value is 0.0995. The maximum atomic E-state index is 9.15. The topological polar surface area (TPSA) is 66.4 Å². The summed E-state index contributed by atoms with van der Waals surface area (Å²) in [5.41, 5.74) is 0. The van der Waals surface area contributed by atoms with Gasteiger partial charge in [0.2, 0.25) is 0 Å². The van der Waals surface area contributed by atoms with Crippen LogP contribution in [0.1, 0.15) is 0 Å². The minimum absolute atomic E-state index is 0. The van der Waals surface area contributed by atoms with Crippen LogP contribution in [0.5, 0.6) is 0 Å². The molecule has 0 amide bonds. The summed E-state index contributed by atoms with van der Waals surface area (Å²) in [4.78, 5) is 9.00. The largest absolute Gasteiger partial charge is 1.00 e. The van der Waals surface area contributed by atoms with Gasteiger partial charge in [-0.25, -0.2) is 4.21 Å². The zero-order valence-electron chi connectivity index (χ0n) is 2.92. The molecule has 0 bridgehead atoms. The van der Waals surface area contributed by atoms with Crippen molar-refractivity contribution in [3.05, 3.63) is 0 Å². The van der Waals surface area contributed by atoms with Crippen molar-refractivity contribution in [3.63, 3.8) is 0 Å². The van der Waals surface area contributed by atoms with E-state index in [2.05, 4.69) is 4.18 Å². The van der Waals surface area contributed by atoms with E-state index in [0.717, 1.165) is 0 Å². The molecule has 4 nitrogen and oxygen atoms in total. The van der Waals surface area contributed by atoms with E-state index in [9.17, 15) is 0 Å². The maximum absolute atomic E-state index is 9.15. The number of hydrogen-bond donors (Lipinski definition) is 0. The Kier molecular flexibility index (Phi) is 8.85. The first-order valence-electron chi connectivity index (χ1n) is 0.971. The molecule has 0 spiro atoms. The predicted molar refractivity (Wildman–Crippen MR) is 16.1 cm³/mol. The summed E-state index contributed by atoms with van der Waals surface area (Å²) in [6.07, 6.45) is 0. The zero-order valence-corrected chi connectivity index (χ0v) is 4.68. The molecule has 0 N–H and O–H groups in total. The van der Waals surface area contributed by atoms with Crippen LogP contribution in [0.25, 0.3) is 0 Å². The molecule has 7 heavy (non-hydrogen) atoms. The number of rotatable bonds is 2. The van der Waals surface area contributed by atoms with E-state index in [1.165, 1.54) is 0 Å². The Morgan fingerprint density at radius 3 is 2.14 bits per heavy atom. The van der Waals surface area contributed by atoms with Gasteiger partial charge in [-0.1, -0.05) is 0 Å². The minimum Gasteiger partial charge on any atom is -0.740 e. The summed E-state index contributed by atoms with van der Waals surface area (Å²) < 4.78 is 21.6. The number of carbonyl (C=O) groups is 1. The first-order valence-corrected chi connectivity index (χ1v) is 1.97. The van der Waals surface area contributed by atoms with E-state index < -0.39 is 11.4 Å². The summed E-state index contributed by atoms with van der Waals surface area (Å²) in [7, 11) is 0. The molecule has 0 aromatic rings. The van der Waals surface area contributed by atoms with Crippen molar-refractivity contribution in [1.82, 2.24) is 0 Å². The fourth-order valence-corrected chi connectivity index (χ4v) is 0.0962. The molecule has 0 fully saturated rings. The van der Waals surface area contributed by atoms with E-state index in [1.807, 2.05) is 0 Å². The fourth-order valence-electron chi connectivity index (χ4n) is 0.0321. The van der Waals surface area contributed by atoms with Gasteiger partial charge in [-0.05, 0) is 0 Å². The number of hydrogen-bond acceptors (Lipinski definition) is 4. The normalized spacial score (nSPS) is 11.0. The van der Waals surface area contributed by atoms with Gasteiger partial charge in [0, 0.05) is 0 Å². The van der Waals surface area contributed by atoms with Gasteiger partial charge in [-0.15, -0.1) is 0 Å². The van der Waals surface area contributed by atoms with E-state index in [0.29, 0.717) is 0 Å². The first kappa shape index (κ1) is 10.2. The van der Waals surface area contributed by atoms with Crippen molar-refractivity contribution < 1.29 is 34.8 Å². The SMILES string of the molecule is O=COS(=O)[O-].[Cu+]. The summed E-state index contributed by atoms with van der Waals surface area (Å²) in [6, 6.07) is 0. The average molecular weight is 173 g/mol. The van der Waals surface area contributed by atoms with Crippen LogP contribution < -0.4 is 0 Å². The molecule has 0 saturated carbocycles. The van der Waals surface area contributed by atoms with Crippen LogP contribution in [0.15, 0.2) is 0 Å². The smallest absolute Gasteiger partial charge is 0.740 e. The summed E-state index contributed by atoms with van der Waals surface area (Å²) in [5, 5.41) is 0. The van der Waals surface area contributed by atoms with Crippen LogP contribution in [0.4, 0.5) is 0 Å². The molecule has 1 atom stereocenters. The third-order valence-electron chi connectivity index (χ3n) is 0.118. The van der Waals surface area contributed by atoms with Gasteiger partial charge in [0.15, 0.2) is 0 Å². The Labute approximate surface area is 53.2 Å². The third kappa shape index (κ3) is 10.7. The van der Waals surface area contributed by atoms with Crippen LogP contribution in [-0.2, 0) is 37.4 Å². The maximum Gasteiger partial charge on any atom is 1.00 e. The summed E-state index contributed by atoms with van der Waals surface area (Å²) in [6.45, 7) is -0.164.